The minimum atomic E-state index is -0.659. The highest BCUT2D eigenvalue weighted by Gasteiger charge is 1.96. The fourth-order valence-corrected chi connectivity index (χ4v) is 1.59. The van der Waals surface area contributed by atoms with Crippen LogP contribution in [0.3, 0.4) is 0 Å². The van der Waals surface area contributed by atoms with Crippen molar-refractivity contribution >= 4 is 5.97 Å². The van der Waals surface area contributed by atoms with Crippen LogP contribution in [0.15, 0.2) is 0 Å². The molecule has 0 aliphatic rings. The number of carboxylic acid groups (broad SMARTS) is 1. The first-order valence-electron chi connectivity index (χ1n) is 7.40. The summed E-state index contributed by atoms with van der Waals surface area (Å²) < 4.78 is 0. The summed E-state index contributed by atoms with van der Waals surface area (Å²) in [6.07, 6.45) is 11.3. The Hall–Kier alpha value is -0.570. The van der Waals surface area contributed by atoms with Crippen LogP contribution in [0, 0.1) is 0 Å². The summed E-state index contributed by atoms with van der Waals surface area (Å²) in [5, 5.41) is 16.5. The molecule has 0 atom stereocenters. The average Bonchev–Trinajstić information content (AvgIpc) is 2.26. The Balaban J connectivity index is 0. The van der Waals surface area contributed by atoms with Gasteiger partial charge in [-0.25, -0.2) is 0 Å². The number of carbonyl (C=O) groups is 1. The van der Waals surface area contributed by atoms with Gasteiger partial charge in [0.2, 0.25) is 0 Å². The van der Waals surface area contributed by atoms with E-state index in [1.54, 1.807) is 13.8 Å². The van der Waals surface area contributed by atoms with Crippen LogP contribution < -0.4 is 0 Å². The highest BCUT2D eigenvalue weighted by Crippen LogP contribution is 2.10. The summed E-state index contributed by atoms with van der Waals surface area (Å²) in [6.45, 7) is 5.67. The Morgan fingerprint density at radius 2 is 1.22 bits per heavy atom. The predicted octanol–water partition coefficient (Wildman–Crippen LogP) is 4.38. The number of hydrogen-bond donors (Lipinski definition) is 2. The van der Waals surface area contributed by atoms with Crippen molar-refractivity contribution in [3.63, 3.8) is 0 Å². The van der Waals surface area contributed by atoms with E-state index in [-0.39, 0.29) is 6.10 Å². The quantitative estimate of drug-likeness (QED) is 0.573. The summed E-state index contributed by atoms with van der Waals surface area (Å²) in [6, 6.07) is 0. The summed E-state index contributed by atoms with van der Waals surface area (Å²) in [5.41, 5.74) is 0. The van der Waals surface area contributed by atoms with E-state index in [1.807, 2.05) is 0 Å². The number of carboxylic acids is 1. The van der Waals surface area contributed by atoms with Crippen LogP contribution in [0.2, 0.25) is 0 Å². The van der Waals surface area contributed by atoms with Crippen molar-refractivity contribution in [1.82, 2.24) is 0 Å². The van der Waals surface area contributed by atoms with Crippen molar-refractivity contribution in [3.8, 4) is 0 Å². The van der Waals surface area contributed by atoms with E-state index in [0.717, 1.165) is 12.8 Å². The van der Waals surface area contributed by atoms with Gasteiger partial charge < -0.3 is 10.2 Å². The maximum Gasteiger partial charge on any atom is 0.303 e. The molecule has 3 nitrogen and oxygen atoms in total. The largest absolute Gasteiger partial charge is 0.481 e. The van der Waals surface area contributed by atoms with Crippen molar-refractivity contribution in [1.29, 1.82) is 0 Å². The van der Waals surface area contributed by atoms with Gasteiger partial charge in [-0.3, -0.25) is 4.79 Å². The van der Waals surface area contributed by atoms with Gasteiger partial charge in [0.05, 0.1) is 0 Å². The number of unbranched alkanes of at least 4 members (excludes halogenated alkanes) is 8. The average molecular weight is 260 g/mol. The number of rotatable bonds is 10. The highest BCUT2D eigenvalue weighted by atomic mass is 16.4. The van der Waals surface area contributed by atoms with E-state index in [2.05, 4.69) is 6.92 Å². The first-order chi connectivity index (χ1) is 8.50. The molecule has 0 aliphatic carbocycles. The molecule has 0 rings (SSSR count). The van der Waals surface area contributed by atoms with Crippen molar-refractivity contribution in [2.75, 3.05) is 0 Å². The van der Waals surface area contributed by atoms with Gasteiger partial charge >= 0.3 is 5.97 Å². The fourth-order valence-electron chi connectivity index (χ4n) is 1.59. The first-order valence-corrected chi connectivity index (χ1v) is 7.40. The normalized spacial score (nSPS) is 10.1. The Bertz CT molecular complexity index is 164. The summed E-state index contributed by atoms with van der Waals surface area (Å²) >= 11 is 0. The van der Waals surface area contributed by atoms with Crippen LogP contribution in [0.4, 0.5) is 0 Å². The highest BCUT2D eigenvalue weighted by molar-refractivity contribution is 5.66. The molecular weight excluding hydrogens is 228 g/mol. The topological polar surface area (TPSA) is 57.5 Å². The minimum absolute atomic E-state index is 0.167. The lowest BCUT2D eigenvalue weighted by Gasteiger charge is -2.00. The van der Waals surface area contributed by atoms with Gasteiger partial charge in [0.15, 0.2) is 0 Å². The van der Waals surface area contributed by atoms with E-state index in [9.17, 15) is 4.79 Å². The fraction of sp³-hybridized carbons (Fsp3) is 0.933. The molecule has 3 heteroatoms. The van der Waals surface area contributed by atoms with Gasteiger partial charge in [-0.1, -0.05) is 58.3 Å². The van der Waals surface area contributed by atoms with Crippen LogP contribution >= 0.6 is 0 Å². The van der Waals surface area contributed by atoms with E-state index >= 15 is 0 Å². The molecule has 2 N–H and O–H groups in total. The lowest BCUT2D eigenvalue weighted by atomic mass is 10.1. The maximum absolute atomic E-state index is 10.2. The smallest absolute Gasteiger partial charge is 0.303 e. The third-order valence-electron chi connectivity index (χ3n) is 2.49. The lowest BCUT2D eigenvalue weighted by molar-refractivity contribution is -0.137. The Morgan fingerprint density at radius 3 is 1.56 bits per heavy atom. The molecule has 0 saturated heterocycles. The molecule has 18 heavy (non-hydrogen) atoms. The number of aliphatic hydroxyl groups excluding tert-OH is 1. The molecule has 0 bridgehead atoms. The van der Waals surface area contributed by atoms with Crippen molar-refractivity contribution < 1.29 is 15.0 Å². The Morgan fingerprint density at radius 1 is 0.889 bits per heavy atom. The Labute approximate surface area is 113 Å². The van der Waals surface area contributed by atoms with E-state index in [1.165, 1.54) is 44.9 Å². The molecule has 110 valence electrons. The number of hydrogen-bond acceptors (Lipinski definition) is 2. The molecule has 0 spiro atoms. The molecule has 0 aromatic rings. The van der Waals surface area contributed by atoms with Gasteiger partial charge in [0.25, 0.3) is 0 Å². The van der Waals surface area contributed by atoms with Crippen molar-refractivity contribution in [2.24, 2.45) is 0 Å². The molecule has 0 aliphatic heterocycles. The van der Waals surface area contributed by atoms with Crippen LogP contribution in [0.5, 0.6) is 0 Å². The van der Waals surface area contributed by atoms with Crippen molar-refractivity contribution in [3.05, 3.63) is 0 Å². The number of aliphatic carboxylic acids is 1. The van der Waals surface area contributed by atoms with Gasteiger partial charge in [0.1, 0.15) is 0 Å². The molecule has 0 unspecified atom stereocenters. The van der Waals surface area contributed by atoms with E-state index in [0.29, 0.717) is 6.42 Å². The molecule has 0 aromatic carbocycles. The maximum atomic E-state index is 10.2. The third kappa shape index (κ3) is 29.5. The van der Waals surface area contributed by atoms with Crippen LogP contribution in [0.25, 0.3) is 0 Å². The first kappa shape index (κ1) is 19.8. The van der Waals surface area contributed by atoms with Gasteiger partial charge in [-0.2, -0.15) is 0 Å². The Kier molecular flexibility index (Phi) is 18.0. The zero-order valence-electron chi connectivity index (χ0n) is 12.5. The molecule has 0 radical (unpaired) electrons. The SMILES string of the molecule is CC(C)O.CCCCCCCCCCCC(=O)O. The lowest BCUT2D eigenvalue weighted by Crippen LogP contribution is -1.93. The van der Waals surface area contributed by atoms with E-state index < -0.39 is 5.97 Å². The molecule has 0 fully saturated rings. The third-order valence-corrected chi connectivity index (χ3v) is 2.49. The van der Waals surface area contributed by atoms with Gasteiger partial charge in [-0.05, 0) is 20.3 Å². The molecule has 0 aromatic heterocycles. The van der Waals surface area contributed by atoms with Crippen molar-refractivity contribution in [2.45, 2.75) is 91.1 Å². The second kappa shape index (κ2) is 16.4. The second-order valence-electron chi connectivity index (χ2n) is 5.07. The zero-order valence-corrected chi connectivity index (χ0v) is 12.5. The van der Waals surface area contributed by atoms with Gasteiger partial charge in [-0.15, -0.1) is 0 Å². The standard InChI is InChI=1S/C12H24O2.C3H8O/c1-2-3-4-5-6-7-8-9-10-11-12(13)14;1-3(2)4/h2-11H2,1H3,(H,13,14);3-4H,1-2H3. The summed E-state index contributed by atoms with van der Waals surface area (Å²) in [7, 11) is 0. The van der Waals surface area contributed by atoms with Crippen LogP contribution in [-0.4, -0.2) is 22.3 Å². The predicted molar refractivity (Wildman–Crippen MR) is 76.8 cm³/mol. The molecule has 0 heterocycles. The van der Waals surface area contributed by atoms with Crippen LogP contribution in [-0.2, 0) is 4.79 Å². The molecule has 0 amide bonds. The molecular formula is C15H32O3. The molecule has 0 saturated carbocycles. The van der Waals surface area contributed by atoms with Gasteiger partial charge in [0, 0.05) is 12.5 Å². The monoisotopic (exact) mass is 260 g/mol. The summed E-state index contributed by atoms with van der Waals surface area (Å²) in [5.74, 6) is -0.659. The minimum Gasteiger partial charge on any atom is -0.481 e. The number of aliphatic hydroxyl groups is 1. The second-order valence-corrected chi connectivity index (χ2v) is 5.07. The van der Waals surface area contributed by atoms with E-state index in [4.69, 9.17) is 10.2 Å². The van der Waals surface area contributed by atoms with Crippen LogP contribution in [0.1, 0.15) is 85.0 Å². The summed E-state index contributed by atoms with van der Waals surface area (Å²) in [4.78, 5) is 10.2. The zero-order chi connectivity index (χ0) is 14.2.